The van der Waals surface area contributed by atoms with Crippen molar-refractivity contribution < 1.29 is 14.6 Å². The summed E-state index contributed by atoms with van der Waals surface area (Å²) in [6, 6.07) is 16.8. The predicted octanol–water partition coefficient (Wildman–Crippen LogP) is 6.99. The van der Waals surface area contributed by atoms with E-state index in [2.05, 4.69) is 36.4 Å². The first-order chi connectivity index (χ1) is 15.5. The Morgan fingerprint density at radius 1 is 0.906 bits per heavy atom. The highest BCUT2D eigenvalue weighted by molar-refractivity contribution is 5.99. The van der Waals surface area contributed by atoms with Crippen LogP contribution in [0, 0.1) is 24.7 Å². The van der Waals surface area contributed by atoms with E-state index in [0.717, 1.165) is 39.8 Å². The van der Waals surface area contributed by atoms with Gasteiger partial charge in [-0.05, 0) is 120 Å². The van der Waals surface area contributed by atoms with E-state index in [0.29, 0.717) is 5.56 Å². The SMILES string of the molecule is COc1ccc(-c2ccc3c(C)c(C(=O)O)ccc3c2)cc1C12CC3CC(CC(C3)C1)C2. The van der Waals surface area contributed by atoms with Gasteiger partial charge in [0, 0.05) is 5.56 Å². The van der Waals surface area contributed by atoms with Gasteiger partial charge in [0.1, 0.15) is 5.75 Å². The van der Waals surface area contributed by atoms with E-state index >= 15 is 0 Å². The molecule has 0 radical (unpaired) electrons. The third-order valence-electron chi connectivity index (χ3n) is 8.66. The van der Waals surface area contributed by atoms with E-state index in [-0.39, 0.29) is 5.41 Å². The molecule has 4 bridgehead atoms. The quantitative estimate of drug-likeness (QED) is 0.489. The van der Waals surface area contributed by atoms with Crippen molar-refractivity contribution in [1.82, 2.24) is 0 Å². The molecule has 0 amide bonds. The topological polar surface area (TPSA) is 46.5 Å². The Bertz CT molecular complexity index is 1200. The fourth-order valence-corrected chi connectivity index (χ4v) is 7.64. The van der Waals surface area contributed by atoms with Gasteiger partial charge in [-0.1, -0.05) is 24.3 Å². The van der Waals surface area contributed by atoms with Gasteiger partial charge in [0.15, 0.2) is 0 Å². The highest BCUT2D eigenvalue weighted by atomic mass is 16.5. The number of benzene rings is 3. The Morgan fingerprint density at radius 3 is 2.16 bits per heavy atom. The second-order valence-corrected chi connectivity index (χ2v) is 10.6. The molecule has 0 unspecified atom stereocenters. The van der Waals surface area contributed by atoms with Crippen molar-refractivity contribution in [2.75, 3.05) is 7.11 Å². The molecule has 3 heteroatoms. The summed E-state index contributed by atoms with van der Waals surface area (Å²) in [6.07, 6.45) is 8.24. The van der Waals surface area contributed by atoms with Gasteiger partial charge in [-0.15, -0.1) is 0 Å². The maximum absolute atomic E-state index is 11.5. The largest absolute Gasteiger partial charge is 0.496 e. The summed E-state index contributed by atoms with van der Waals surface area (Å²) in [5.74, 6) is 2.84. The fourth-order valence-electron chi connectivity index (χ4n) is 7.64. The Balaban J connectivity index is 1.44. The minimum atomic E-state index is -0.871. The monoisotopic (exact) mass is 426 g/mol. The Morgan fingerprint density at radius 2 is 1.53 bits per heavy atom. The highest BCUT2D eigenvalue weighted by Crippen LogP contribution is 2.62. The molecule has 0 atom stereocenters. The lowest BCUT2D eigenvalue weighted by Gasteiger charge is -2.57. The standard InChI is InChI=1S/C29H30O3/c1-17-24-6-3-21(12-23(24)4-7-25(17)28(30)31)22-5-8-27(32-2)26(13-22)29-14-18-9-19(15-29)11-20(10-18)16-29/h3-8,12-13,18-20H,9-11,14-16H2,1-2H3,(H,30,31). The van der Waals surface area contributed by atoms with Crippen molar-refractivity contribution in [2.24, 2.45) is 17.8 Å². The van der Waals surface area contributed by atoms with Crippen LogP contribution in [0.3, 0.4) is 0 Å². The third-order valence-corrected chi connectivity index (χ3v) is 8.66. The van der Waals surface area contributed by atoms with E-state index in [1.165, 1.54) is 55.2 Å². The molecule has 3 nitrogen and oxygen atoms in total. The molecular formula is C29H30O3. The van der Waals surface area contributed by atoms with Crippen LogP contribution in [0.1, 0.15) is 60.0 Å². The number of fused-ring (bicyclic) bond motifs is 1. The molecule has 3 aromatic rings. The number of aryl methyl sites for hydroxylation is 1. The highest BCUT2D eigenvalue weighted by Gasteiger charge is 2.52. The molecule has 4 fully saturated rings. The second kappa shape index (κ2) is 7.10. The zero-order valence-corrected chi connectivity index (χ0v) is 18.9. The zero-order valence-electron chi connectivity index (χ0n) is 18.9. The Hall–Kier alpha value is -2.81. The molecule has 0 heterocycles. The Kier molecular flexibility index (Phi) is 4.40. The maximum Gasteiger partial charge on any atom is 0.335 e. The van der Waals surface area contributed by atoms with Crippen LogP contribution in [0.4, 0.5) is 0 Å². The molecule has 4 aliphatic carbocycles. The summed E-state index contributed by atoms with van der Waals surface area (Å²) in [6.45, 7) is 1.89. The minimum Gasteiger partial charge on any atom is -0.496 e. The molecule has 0 spiro atoms. The van der Waals surface area contributed by atoms with E-state index < -0.39 is 5.97 Å². The van der Waals surface area contributed by atoms with Crippen molar-refractivity contribution in [3.63, 3.8) is 0 Å². The molecule has 7 rings (SSSR count). The summed E-state index contributed by atoms with van der Waals surface area (Å²) in [5.41, 5.74) is 5.28. The van der Waals surface area contributed by atoms with Crippen LogP contribution >= 0.6 is 0 Å². The maximum atomic E-state index is 11.5. The van der Waals surface area contributed by atoms with Gasteiger partial charge in [-0.2, -0.15) is 0 Å². The average molecular weight is 427 g/mol. The van der Waals surface area contributed by atoms with E-state index in [9.17, 15) is 9.90 Å². The van der Waals surface area contributed by atoms with Crippen LogP contribution in [0.2, 0.25) is 0 Å². The van der Waals surface area contributed by atoms with E-state index in [1.807, 2.05) is 13.0 Å². The molecular weight excluding hydrogens is 396 g/mol. The molecule has 32 heavy (non-hydrogen) atoms. The van der Waals surface area contributed by atoms with Crippen molar-refractivity contribution in [3.8, 4) is 16.9 Å². The van der Waals surface area contributed by atoms with Gasteiger partial charge in [-0.25, -0.2) is 4.79 Å². The van der Waals surface area contributed by atoms with E-state index in [4.69, 9.17) is 4.74 Å². The zero-order chi connectivity index (χ0) is 22.0. The third kappa shape index (κ3) is 2.97. The van der Waals surface area contributed by atoms with Gasteiger partial charge in [0.05, 0.1) is 12.7 Å². The first kappa shape index (κ1) is 19.8. The van der Waals surface area contributed by atoms with Crippen LogP contribution in [0.15, 0.2) is 48.5 Å². The lowest BCUT2D eigenvalue weighted by Crippen LogP contribution is -2.48. The number of rotatable bonds is 4. The lowest BCUT2D eigenvalue weighted by molar-refractivity contribution is -0.00613. The van der Waals surface area contributed by atoms with E-state index in [1.54, 1.807) is 13.2 Å². The molecule has 3 aromatic carbocycles. The molecule has 4 saturated carbocycles. The number of carboxylic acid groups (broad SMARTS) is 1. The van der Waals surface area contributed by atoms with Gasteiger partial charge < -0.3 is 9.84 Å². The molecule has 164 valence electrons. The van der Waals surface area contributed by atoms with Crippen LogP contribution in [0.25, 0.3) is 21.9 Å². The molecule has 0 saturated heterocycles. The van der Waals surface area contributed by atoms with Gasteiger partial charge in [0.25, 0.3) is 0 Å². The first-order valence-electron chi connectivity index (χ1n) is 11.9. The van der Waals surface area contributed by atoms with Crippen LogP contribution in [-0.4, -0.2) is 18.2 Å². The number of methoxy groups -OCH3 is 1. The van der Waals surface area contributed by atoms with Crippen molar-refractivity contribution in [2.45, 2.75) is 50.9 Å². The van der Waals surface area contributed by atoms with Crippen LogP contribution < -0.4 is 4.74 Å². The number of hydrogen-bond acceptors (Lipinski definition) is 2. The van der Waals surface area contributed by atoms with Gasteiger partial charge >= 0.3 is 5.97 Å². The summed E-state index contributed by atoms with van der Waals surface area (Å²) >= 11 is 0. The van der Waals surface area contributed by atoms with Crippen molar-refractivity contribution in [3.05, 3.63) is 65.2 Å². The molecule has 0 aromatic heterocycles. The summed E-state index contributed by atoms with van der Waals surface area (Å²) in [5, 5.41) is 11.5. The minimum absolute atomic E-state index is 0.278. The smallest absolute Gasteiger partial charge is 0.335 e. The normalized spacial score (nSPS) is 28.2. The number of hydrogen-bond donors (Lipinski definition) is 1. The summed E-state index contributed by atoms with van der Waals surface area (Å²) < 4.78 is 5.89. The Labute approximate surface area is 189 Å². The predicted molar refractivity (Wildman–Crippen MR) is 127 cm³/mol. The lowest BCUT2D eigenvalue weighted by atomic mass is 9.48. The van der Waals surface area contributed by atoms with Crippen molar-refractivity contribution >= 4 is 16.7 Å². The number of carbonyl (C=O) groups is 1. The second-order valence-electron chi connectivity index (χ2n) is 10.6. The molecule has 1 N–H and O–H groups in total. The summed E-state index contributed by atoms with van der Waals surface area (Å²) in [4.78, 5) is 11.5. The molecule has 0 aliphatic heterocycles. The van der Waals surface area contributed by atoms with Crippen molar-refractivity contribution in [1.29, 1.82) is 0 Å². The number of aromatic carboxylic acids is 1. The first-order valence-corrected chi connectivity index (χ1v) is 11.9. The van der Waals surface area contributed by atoms with Gasteiger partial charge in [-0.3, -0.25) is 0 Å². The summed E-state index contributed by atoms with van der Waals surface area (Å²) in [7, 11) is 1.80. The van der Waals surface area contributed by atoms with Crippen LogP contribution in [-0.2, 0) is 5.41 Å². The number of ether oxygens (including phenoxy) is 1. The van der Waals surface area contributed by atoms with Gasteiger partial charge in [0.2, 0.25) is 0 Å². The number of carboxylic acids is 1. The average Bonchev–Trinajstić information content (AvgIpc) is 2.77. The van der Waals surface area contributed by atoms with Crippen LogP contribution in [0.5, 0.6) is 5.75 Å². The fraction of sp³-hybridized carbons (Fsp3) is 0.414. The molecule has 4 aliphatic rings.